The molecule has 0 unspecified atom stereocenters. The van der Waals surface area contributed by atoms with E-state index in [-0.39, 0.29) is 10.6 Å². The average Bonchev–Trinajstić information content (AvgIpc) is 2.27. The van der Waals surface area contributed by atoms with Crippen molar-refractivity contribution in [1.82, 2.24) is 5.23 Å². The summed E-state index contributed by atoms with van der Waals surface area (Å²) in [5, 5.41) is 3.56. The molecule has 92 valence electrons. The maximum atomic E-state index is 11.4. The van der Waals surface area contributed by atoms with Gasteiger partial charge in [0.25, 0.3) is 10.1 Å². The van der Waals surface area contributed by atoms with Crippen molar-refractivity contribution in [3.05, 3.63) is 35.9 Å². The first-order valence-corrected chi connectivity index (χ1v) is 6.60. The van der Waals surface area contributed by atoms with E-state index >= 15 is 0 Å². The van der Waals surface area contributed by atoms with Crippen LogP contribution < -0.4 is 11.0 Å². The number of nitrogens with one attached hydrogen (secondary N) is 1. The van der Waals surface area contributed by atoms with Gasteiger partial charge in [-0.25, -0.2) is 0 Å². The normalized spacial score (nSPS) is 11.8. The molecule has 0 saturated carbocycles. The lowest BCUT2D eigenvalue weighted by Gasteiger charge is -2.10. The van der Waals surface area contributed by atoms with E-state index in [2.05, 4.69) is 5.23 Å². The maximum Gasteiger partial charge on any atom is 0.297 e. The minimum Gasteiger partial charge on any atom is -0.398 e. The van der Waals surface area contributed by atoms with E-state index in [9.17, 15) is 13.0 Å². The number of hydrogen-bond donors (Lipinski definition) is 3. The van der Waals surface area contributed by atoms with Gasteiger partial charge in [0.15, 0.2) is 7.98 Å². The molecule has 2 aromatic rings. The van der Waals surface area contributed by atoms with E-state index < -0.39 is 10.1 Å². The standard InChI is InChI=1S/C11H11BN2O3S/c12-14-6-7-2-1-3-9-8(7)4-5-10(13)11(9)18(15,16)17/h1-5,14H,6,13H2,(H,15,16,17). The number of fused-ring (bicyclic) bond motifs is 1. The van der Waals surface area contributed by atoms with Crippen molar-refractivity contribution < 1.29 is 13.0 Å². The van der Waals surface area contributed by atoms with Gasteiger partial charge in [-0.2, -0.15) is 8.42 Å². The zero-order valence-electron chi connectivity index (χ0n) is 9.42. The first kappa shape index (κ1) is 12.9. The monoisotopic (exact) mass is 262 g/mol. The molecule has 7 heteroatoms. The van der Waals surface area contributed by atoms with E-state index in [1.807, 2.05) is 6.07 Å². The van der Waals surface area contributed by atoms with Gasteiger partial charge in [-0.1, -0.05) is 24.3 Å². The van der Waals surface area contributed by atoms with Crippen LogP contribution in [0.4, 0.5) is 5.69 Å². The van der Waals surface area contributed by atoms with Crippen LogP contribution in [0.25, 0.3) is 10.8 Å². The zero-order chi connectivity index (χ0) is 13.3. The van der Waals surface area contributed by atoms with Crippen LogP contribution >= 0.6 is 0 Å². The third kappa shape index (κ3) is 2.20. The van der Waals surface area contributed by atoms with Crippen LogP contribution in [0.2, 0.25) is 0 Å². The van der Waals surface area contributed by atoms with Gasteiger partial charge in [-0.05, 0) is 17.0 Å². The van der Waals surface area contributed by atoms with Crippen molar-refractivity contribution in [2.75, 3.05) is 5.73 Å². The number of anilines is 1. The van der Waals surface area contributed by atoms with Crippen molar-refractivity contribution >= 4 is 34.6 Å². The molecule has 2 radical (unpaired) electrons. The highest BCUT2D eigenvalue weighted by Crippen LogP contribution is 2.30. The van der Waals surface area contributed by atoms with E-state index in [0.717, 1.165) is 5.56 Å². The molecule has 18 heavy (non-hydrogen) atoms. The molecule has 4 N–H and O–H groups in total. The molecule has 0 fully saturated rings. The molecule has 0 aliphatic rings. The second-order valence-electron chi connectivity index (χ2n) is 3.85. The van der Waals surface area contributed by atoms with Crippen molar-refractivity contribution in [2.45, 2.75) is 11.4 Å². The van der Waals surface area contributed by atoms with E-state index in [4.69, 9.17) is 13.7 Å². The van der Waals surface area contributed by atoms with Gasteiger partial charge in [-0.3, -0.25) is 4.55 Å². The van der Waals surface area contributed by atoms with Crippen LogP contribution in [0.1, 0.15) is 5.56 Å². The number of benzene rings is 2. The zero-order valence-corrected chi connectivity index (χ0v) is 10.2. The van der Waals surface area contributed by atoms with Gasteiger partial charge in [-0.15, -0.1) is 0 Å². The Bertz CT molecular complexity index is 701. The Hall–Kier alpha value is -1.57. The third-order valence-electron chi connectivity index (χ3n) is 2.68. The Morgan fingerprint density at radius 2 is 1.94 bits per heavy atom. The Morgan fingerprint density at radius 1 is 1.22 bits per heavy atom. The summed E-state index contributed by atoms with van der Waals surface area (Å²) in [6.45, 7) is 0.381. The molecule has 0 aliphatic carbocycles. The summed E-state index contributed by atoms with van der Waals surface area (Å²) in [5.41, 5.74) is 6.45. The number of nitrogens with two attached hydrogens (primary N) is 1. The fourth-order valence-corrected chi connectivity index (χ4v) is 2.79. The minimum atomic E-state index is -4.37. The molecule has 0 saturated heterocycles. The minimum absolute atomic E-state index is 0.0165. The molecule has 0 spiro atoms. The molecule has 0 aromatic heterocycles. The summed E-state index contributed by atoms with van der Waals surface area (Å²) in [6.07, 6.45) is 0. The molecule has 0 atom stereocenters. The number of nitrogen functional groups attached to an aromatic ring is 1. The maximum absolute atomic E-state index is 11.4. The molecule has 2 rings (SSSR count). The summed E-state index contributed by atoms with van der Waals surface area (Å²) >= 11 is 0. The summed E-state index contributed by atoms with van der Waals surface area (Å²) in [4.78, 5) is -0.265. The van der Waals surface area contributed by atoms with E-state index in [0.29, 0.717) is 17.3 Å². The SMILES string of the molecule is [B]NCc1cccc2c(S(=O)(=O)O)c(N)ccc12. The fraction of sp³-hybridized carbons (Fsp3) is 0.0909. The quantitative estimate of drug-likeness (QED) is 0.433. The van der Waals surface area contributed by atoms with Gasteiger partial charge in [0.2, 0.25) is 0 Å². The lowest BCUT2D eigenvalue weighted by atomic mass is 10.0. The van der Waals surface area contributed by atoms with Gasteiger partial charge < -0.3 is 11.0 Å². The predicted molar refractivity (Wildman–Crippen MR) is 70.8 cm³/mol. The highest BCUT2D eigenvalue weighted by Gasteiger charge is 2.18. The molecule has 0 bridgehead atoms. The first-order valence-electron chi connectivity index (χ1n) is 5.16. The average molecular weight is 262 g/mol. The predicted octanol–water partition coefficient (Wildman–Crippen LogP) is 0.842. The topological polar surface area (TPSA) is 92.4 Å². The van der Waals surface area contributed by atoms with Gasteiger partial charge in [0.05, 0.1) is 5.69 Å². The summed E-state index contributed by atoms with van der Waals surface area (Å²) in [5.74, 6) is 0. The molecule has 2 aromatic carbocycles. The van der Waals surface area contributed by atoms with Crippen LogP contribution in [-0.2, 0) is 16.7 Å². The van der Waals surface area contributed by atoms with Gasteiger partial charge >= 0.3 is 0 Å². The van der Waals surface area contributed by atoms with Gasteiger partial charge in [0.1, 0.15) is 4.90 Å². The van der Waals surface area contributed by atoms with Gasteiger partial charge in [0, 0.05) is 11.9 Å². The number of rotatable bonds is 3. The van der Waals surface area contributed by atoms with Crippen LogP contribution in [0, 0.1) is 0 Å². The Balaban J connectivity index is 2.87. The molecule has 5 nitrogen and oxygen atoms in total. The van der Waals surface area contributed by atoms with Crippen LogP contribution in [0.3, 0.4) is 0 Å². The van der Waals surface area contributed by atoms with Crippen molar-refractivity contribution in [3.63, 3.8) is 0 Å². The Morgan fingerprint density at radius 3 is 2.56 bits per heavy atom. The van der Waals surface area contributed by atoms with Crippen LogP contribution in [0.5, 0.6) is 0 Å². The Kier molecular flexibility index (Phi) is 3.29. The smallest absolute Gasteiger partial charge is 0.297 e. The summed E-state index contributed by atoms with van der Waals surface area (Å²) in [6, 6.07) is 8.24. The molecular weight excluding hydrogens is 251 g/mol. The van der Waals surface area contributed by atoms with E-state index in [1.54, 1.807) is 18.2 Å². The molecule has 0 aliphatic heterocycles. The van der Waals surface area contributed by atoms with Crippen molar-refractivity contribution in [1.29, 1.82) is 0 Å². The summed E-state index contributed by atoms with van der Waals surface area (Å²) in [7, 11) is 0.895. The highest BCUT2D eigenvalue weighted by atomic mass is 32.2. The first-order chi connectivity index (χ1) is 8.45. The second kappa shape index (κ2) is 4.60. The molecule has 0 amide bonds. The van der Waals surface area contributed by atoms with Crippen LogP contribution in [0.15, 0.2) is 35.2 Å². The summed E-state index contributed by atoms with van der Waals surface area (Å²) < 4.78 is 32.0. The largest absolute Gasteiger partial charge is 0.398 e. The van der Waals surface area contributed by atoms with Crippen molar-refractivity contribution in [3.8, 4) is 0 Å². The Labute approximate surface area is 106 Å². The lowest BCUT2D eigenvalue weighted by Crippen LogP contribution is -2.09. The fourth-order valence-electron chi connectivity index (χ4n) is 1.96. The second-order valence-corrected chi connectivity index (χ2v) is 5.21. The van der Waals surface area contributed by atoms with Crippen LogP contribution in [-0.4, -0.2) is 21.0 Å². The molecular formula is C11H11BN2O3S. The lowest BCUT2D eigenvalue weighted by molar-refractivity contribution is 0.484. The number of hydrogen-bond acceptors (Lipinski definition) is 4. The van der Waals surface area contributed by atoms with E-state index in [1.165, 1.54) is 6.07 Å². The third-order valence-corrected chi connectivity index (χ3v) is 3.65. The molecule has 0 heterocycles. The highest BCUT2D eigenvalue weighted by molar-refractivity contribution is 7.86. The van der Waals surface area contributed by atoms with Crippen molar-refractivity contribution in [2.24, 2.45) is 0 Å².